The quantitative estimate of drug-likeness (QED) is 0.336. The lowest BCUT2D eigenvalue weighted by molar-refractivity contribution is 0.0306. The smallest absolute Gasteiger partial charge is 0.162 e. The summed E-state index contributed by atoms with van der Waals surface area (Å²) in [5.74, 6) is 1.27. The van der Waals surface area contributed by atoms with Crippen LogP contribution in [0.2, 0.25) is 5.02 Å². The highest BCUT2D eigenvalue weighted by atomic mass is 35.5. The Morgan fingerprint density at radius 3 is 2.75 bits per heavy atom. The molecule has 0 saturated carbocycles. The Kier molecular flexibility index (Phi) is 9.52. The second-order valence-electron chi connectivity index (χ2n) is 8.72. The van der Waals surface area contributed by atoms with Crippen LogP contribution in [-0.4, -0.2) is 74.0 Å². The lowest BCUT2D eigenvalue weighted by Gasteiger charge is -2.31. The number of benzene rings is 2. The monoisotopic (exact) mass is 517 g/mol. The second-order valence-corrected chi connectivity index (χ2v) is 9.13. The maximum Gasteiger partial charge on any atom is 0.162 e. The second kappa shape index (κ2) is 13.0. The van der Waals surface area contributed by atoms with Crippen molar-refractivity contribution < 1.29 is 18.6 Å². The highest BCUT2D eigenvalue weighted by Gasteiger charge is 2.19. The van der Waals surface area contributed by atoms with E-state index < -0.39 is 5.82 Å². The number of fused-ring (bicyclic) bond motifs is 1. The highest BCUT2D eigenvalue weighted by molar-refractivity contribution is 6.31. The fourth-order valence-electron chi connectivity index (χ4n) is 4.09. The van der Waals surface area contributed by atoms with E-state index in [2.05, 4.69) is 32.4 Å². The molecule has 0 radical (unpaired) electrons. The van der Waals surface area contributed by atoms with Gasteiger partial charge >= 0.3 is 0 Å². The summed E-state index contributed by atoms with van der Waals surface area (Å²) in [6, 6.07) is 8.29. The predicted molar refractivity (Wildman–Crippen MR) is 140 cm³/mol. The Morgan fingerprint density at radius 2 is 2.00 bits per heavy atom. The van der Waals surface area contributed by atoms with Crippen LogP contribution in [0.1, 0.15) is 19.8 Å². The van der Waals surface area contributed by atoms with Crippen molar-refractivity contribution in [2.75, 3.05) is 58.4 Å². The van der Waals surface area contributed by atoms with E-state index in [1.165, 1.54) is 18.5 Å². The van der Waals surface area contributed by atoms with Crippen molar-refractivity contribution in [2.45, 2.75) is 25.8 Å². The van der Waals surface area contributed by atoms with Gasteiger partial charge in [0, 0.05) is 36.8 Å². The molecular formula is C26H33ClFN5O3. The van der Waals surface area contributed by atoms with Gasteiger partial charge in [0.1, 0.15) is 24.6 Å². The molecule has 1 fully saturated rings. The van der Waals surface area contributed by atoms with Crippen molar-refractivity contribution in [3.05, 3.63) is 47.5 Å². The van der Waals surface area contributed by atoms with Crippen LogP contribution in [0.5, 0.6) is 11.5 Å². The third kappa shape index (κ3) is 6.94. The molecule has 10 heteroatoms. The van der Waals surface area contributed by atoms with Gasteiger partial charge in [-0.25, -0.2) is 14.4 Å². The van der Waals surface area contributed by atoms with E-state index in [4.69, 9.17) is 25.8 Å². The maximum atomic E-state index is 13.6. The number of anilines is 2. The van der Waals surface area contributed by atoms with Gasteiger partial charge < -0.3 is 24.8 Å². The number of aromatic nitrogens is 2. The first-order chi connectivity index (χ1) is 17.6. The molecule has 36 heavy (non-hydrogen) atoms. The number of hydrogen-bond acceptors (Lipinski definition) is 8. The number of rotatable bonds is 12. The number of nitrogens with zero attached hydrogens (tertiary/aromatic N) is 3. The molecule has 8 nitrogen and oxygen atoms in total. The van der Waals surface area contributed by atoms with E-state index in [1.807, 2.05) is 12.1 Å². The molecule has 2 heterocycles. The zero-order valence-corrected chi connectivity index (χ0v) is 21.5. The zero-order chi connectivity index (χ0) is 25.3. The average Bonchev–Trinajstić information content (AvgIpc) is 2.89. The molecule has 1 unspecified atom stereocenters. The van der Waals surface area contributed by atoms with Gasteiger partial charge in [0.05, 0.1) is 36.9 Å². The maximum absolute atomic E-state index is 13.6. The summed E-state index contributed by atoms with van der Waals surface area (Å²) < 4.78 is 31.0. The molecule has 1 aliphatic rings. The van der Waals surface area contributed by atoms with Crippen LogP contribution >= 0.6 is 11.6 Å². The van der Waals surface area contributed by atoms with Crippen LogP contribution in [0.15, 0.2) is 36.7 Å². The largest absolute Gasteiger partial charge is 0.493 e. The van der Waals surface area contributed by atoms with E-state index in [0.717, 1.165) is 57.6 Å². The molecule has 0 spiro atoms. The fraction of sp³-hybridized carbons (Fsp3) is 0.462. The van der Waals surface area contributed by atoms with Gasteiger partial charge in [-0.2, -0.15) is 0 Å². The predicted octanol–water partition coefficient (Wildman–Crippen LogP) is 4.64. The molecule has 1 aromatic heterocycles. The van der Waals surface area contributed by atoms with Crippen molar-refractivity contribution in [2.24, 2.45) is 0 Å². The van der Waals surface area contributed by atoms with Crippen molar-refractivity contribution in [1.82, 2.24) is 20.2 Å². The van der Waals surface area contributed by atoms with Gasteiger partial charge in [-0.1, -0.05) is 24.9 Å². The van der Waals surface area contributed by atoms with Gasteiger partial charge in [0.25, 0.3) is 0 Å². The number of ether oxygens (including phenoxy) is 3. The van der Waals surface area contributed by atoms with Crippen molar-refractivity contribution in [1.29, 1.82) is 0 Å². The fourth-order valence-corrected chi connectivity index (χ4v) is 4.27. The first kappa shape index (κ1) is 26.3. The standard InChI is InChI=1S/C26H33ClFN5O3/c1-3-4-7-29-19(15-33-8-10-35-11-9-33)16-36-25-13-20-23(14-24(25)34-2)30-17-31-26(20)32-18-5-6-22(28)21(27)12-18/h5-6,12-14,17,19,29H,3-4,7-11,15-16H2,1-2H3,(H,30,31,32). The SMILES string of the molecule is CCCCNC(COc1cc2c(Nc3ccc(F)c(Cl)c3)ncnc2cc1OC)CN1CCOCC1. The topological polar surface area (TPSA) is 80.8 Å². The molecule has 1 saturated heterocycles. The molecule has 2 N–H and O–H groups in total. The summed E-state index contributed by atoms with van der Waals surface area (Å²) in [6.45, 7) is 7.84. The summed E-state index contributed by atoms with van der Waals surface area (Å²) in [7, 11) is 1.61. The van der Waals surface area contributed by atoms with Gasteiger partial charge in [0.15, 0.2) is 11.5 Å². The average molecular weight is 518 g/mol. The Balaban J connectivity index is 1.54. The van der Waals surface area contributed by atoms with Crippen LogP contribution in [0, 0.1) is 5.82 Å². The van der Waals surface area contributed by atoms with Gasteiger partial charge in [-0.15, -0.1) is 0 Å². The van der Waals surface area contributed by atoms with Crippen LogP contribution in [0.4, 0.5) is 15.9 Å². The minimum Gasteiger partial charge on any atom is -0.493 e. The molecule has 2 aromatic carbocycles. The number of morpholine rings is 1. The van der Waals surface area contributed by atoms with Gasteiger partial charge in [-0.3, -0.25) is 4.90 Å². The van der Waals surface area contributed by atoms with Gasteiger partial charge in [0.2, 0.25) is 0 Å². The van der Waals surface area contributed by atoms with E-state index >= 15 is 0 Å². The van der Waals surface area contributed by atoms with E-state index in [1.54, 1.807) is 13.2 Å². The summed E-state index contributed by atoms with van der Waals surface area (Å²) in [6.07, 6.45) is 3.70. The van der Waals surface area contributed by atoms with Crippen LogP contribution in [0.3, 0.4) is 0 Å². The highest BCUT2D eigenvalue weighted by Crippen LogP contribution is 2.35. The van der Waals surface area contributed by atoms with Crippen LogP contribution in [-0.2, 0) is 4.74 Å². The van der Waals surface area contributed by atoms with Crippen molar-refractivity contribution in [3.63, 3.8) is 0 Å². The van der Waals surface area contributed by atoms with Gasteiger partial charge in [-0.05, 0) is 37.2 Å². The molecule has 0 amide bonds. The first-order valence-corrected chi connectivity index (χ1v) is 12.7. The first-order valence-electron chi connectivity index (χ1n) is 12.3. The Hall–Kier alpha value is -2.72. The lowest BCUT2D eigenvalue weighted by atomic mass is 10.2. The summed E-state index contributed by atoms with van der Waals surface area (Å²) in [4.78, 5) is 11.2. The zero-order valence-electron chi connectivity index (χ0n) is 20.7. The molecule has 0 aliphatic carbocycles. The minimum absolute atomic E-state index is 0.0333. The molecule has 1 atom stereocenters. The summed E-state index contributed by atoms with van der Waals surface area (Å²) in [5.41, 5.74) is 1.31. The Labute approximate surface area is 216 Å². The molecular weight excluding hydrogens is 485 g/mol. The number of unbranched alkanes of at least 4 members (excludes halogenated alkanes) is 1. The lowest BCUT2D eigenvalue weighted by Crippen LogP contribution is -2.48. The third-order valence-electron chi connectivity index (χ3n) is 6.09. The molecule has 1 aliphatic heterocycles. The van der Waals surface area contributed by atoms with E-state index in [9.17, 15) is 4.39 Å². The number of nitrogens with one attached hydrogen (secondary N) is 2. The van der Waals surface area contributed by atoms with E-state index in [-0.39, 0.29) is 11.1 Å². The summed E-state index contributed by atoms with van der Waals surface area (Å²) in [5, 5.41) is 7.62. The molecule has 3 aromatic rings. The van der Waals surface area contributed by atoms with E-state index in [0.29, 0.717) is 35.1 Å². The van der Waals surface area contributed by atoms with Crippen LogP contribution in [0.25, 0.3) is 10.9 Å². The Morgan fingerprint density at radius 1 is 1.17 bits per heavy atom. The Bertz CT molecular complexity index is 1150. The number of halogens is 2. The minimum atomic E-state index is -0.477. The third-order valence-corrected chi connectivity index (χ3v) is 6.38. The molecule has 4 rings (SSSR count). The summed E-state index contributed by atoms with van der Waals surface area (Å²) >= 11 is 5.95. The number of hydrogen-bond donors (Lipinski definition) is 2. The van der Waals surface area contributed by atoms with Crippen molar-refractivity contribution >= 4 is 34.0 Å². The normalized spacial score (nSPS) is 15.1. The molecule has 0 bridgehead atoms. The van der Waals surface area contributed by atoms with Crippen LogP contribution < -0.4 is 20.1 Å². The number of methoxy groups -OCH3 is 1. The van der Waals surface area contributed by atoms with Crippen molar-refractivity contribution in [3.8, 4) is 11.5 Å². The molecule has 194 valence electrons.